The van der Waals surface area contributed by atoms with E-state index in [2.05, 4.69) is 0 Å². The molecule has 1 nitrogen and oxygen atoms in total. The minimum absolute atomic E-state index is 0.564. The maximum absolute atomic E-state index is 5.50. The molecule has 2 heteroatoms. The fraction of sp³-hybridized carbons (Fsp3) is 0.857. The fourth-order valence-electron chi connectivity index (χ4n) is 1.39. The average Bonchev–Trinajstić information content (AvgIpc) is 1.90. The predicted octanol–water partition coefficient (Wildman–Crippen LogP) is 1.85. The molecule has 1 aliphatic rings. The highest BCUT2D eigenvalue weighted by Crippen LogP contribution is 2.23. The van der Waals surface area contributed by atoms with Crippen LogP contribution < -0.4 is 5.73 Å². The van der Waals surface area contributed by atoms with Gasteiger partial charge in [-0.3, -0.25) is 0 Å². The fourth-order valence-corrected chi connectivity index (χ4v) is 1.62. The number of rotatable bonds is 1. The Morgan fingerprint density at radius 1 is 1.22 bits per heavy atom. The van der Waals surface area contributed by atoms with Crippen molar-refractivity contribution in [2.75, 3.05) is 0 Å². The molecule has 0 radical (unpaired) electrons. The van der Waals surface area contributed by atoms with Gasteiger partial charge < -0.3 is 5.73 Å². The van der Waals surface area contributed by atoms with E-state index in [9.17, 15) is 0 Å². The van der Waals surface area contributed by atoms with Gasteiger partial charge in [0.05, 0.1) is 4.99 Å². The molecule has 0 saturated heterocycles. The van der Waals surface area contributed by atoms with Gasteiger partial charge in [0.25, 0.3) is 0 Å². The van der Waals surface area contributed by atoms with Crippen molar-refractivity contribution in [3.63, 3.8) is 0 Å². The molecule has 1 rings (SSSR count). The third kappa shape index (κ3) is 1.94. The molecule has 0 aliphatic heterocycles. The van der Waals surface area contributed by atoms with Crippen LogP contribution in [-0.4, -0.2) is 4.99 Å². The van der Waals surface area contributed by atoms with Gasteiger partial charge in [-0.15, -0.1) is 0 Å². The lowest BCUT2D eigenvalue weighted by Crippen LogP contribution is -2.22. The van der Waals surface area contributed by atoms with Crippen LogP contribution in [-0.2, 0) is 0 Å². The number of nitrogens with two attached hydrogens (primary N) is 1. The summed E-state index contributed by atoms with van der Waals surface area (Å²) in [6.45, 7) is 0. The van der Waals surface area contributed by atoms with Crippen LogP contribution in [0.25, 0.3) is 0 Å². The Hall–Kier alpha value is -0.110. The summed E-state index contributed by atoms with van der Waals surface area (Å²) in [6, 6.07) is 0. The largest absolute Gasteiger partial charge is 0.393 e. The summed E-state index contributed by atoms with van der Waals surface area (Å²) < 4.78 is 0. The molecule has 1 fully saturated rings. The normalized spacial score (nSPS) is 21.8. The minimum atomic E-state index is 0.564. The summed E-state index contributed by atoms with van der Waals surface area (Å²) in [6.07, 6.45) is 6.48. The summed E-state index contributed by atoms with van der Waals surface area (Å²) in [4.78, 5) is 0.731. The quantitative estimate of drug-likeness (QED) is 0.567. The van der Waals surface area contributed by atoms with Crippen LogP contribution in [0.5, 0.6) is 0 Å². The lowest BCUT2D eigenvalue weighted by atomic mass is 9.89. The van der Waals surface area contributed by atoms with E-state index in [1.807, 2.05) is 0 Å². The summed E-state index contributed by atoms with van der Waals surface area (Å²) in [5, 5.41) is 0. The smallest absolute Gasteiger partial charge is 0.0758 e. The maximum Gasteiger partial charge on any atom is 0.0758 e. The molecule has 0 aromatic heterocycles. The van der Waals surface area contributed by atoms with Crippen LogP contribution in [0, 0.1) is 5.92 Å². The van der Waals surface area contributed by atoms with E-state index >= 15 is 0 Å². The predicted molar refractivity (Wildman–Crippen MR) is 43.4 cm³/mol. The first-order valence-electron chi connectivity index (χ1n) is 3.60. The van der Waals surface area contributed by atoms with E-state index in [1.165, 1.54) is 32.1 Å². The Labute approximate surface area is 61.6 Å². The van der Waals surface area contributed by atoms with Crippen LogP contribution in [0.1, 0.15) is 32.1 Å². The van der Waals surface area contributed by atoms with Crippen LogP contribution in [0.4, 0.5) is 0 Å². The van der Waals surface area contributed by atoms with Gasteiger partial charge in [-0.05, 0) is 12.8 Å². The SMILES string of the molecule is NC(=S)C1CCCCC1. The minimum Gasteiger partial charge on any atom is -0.393 e. The van der Waals surface area contributed by atoms with Gasteiger partial charge in [0, 0.05) is 5.92 Å². The maximum atomic E-state index is 5.50. The van der Waals surface area contributed by atoms with Gasteiger partial charge in [-0.1, -0.05) is 31.5 Å². The Balaban J connectivity index is 2.31. The molecule has 2 N–H and O–H groups in total. The zero-order valence-corrected chi connectivity index (χ0v) is 6.41. The third-order valence-corrected chi connectivity index (χ3v) is 2.34. The molecule has 0 unspecified atom stereocenters. The van der Waals surface area contributed by atoms with Gasteiger partial charge in [0.2, 0.25) is 0 Å². The van der Waals surface area contributed by atoms with Crippen molar-refractivity contribution in [1.29, 1.82) is 0 Å². The van der Waals surface area contributed by atoms with Crippen molar-refractivity contribution < 1.29 is 0 Å². The molecule has 0 aromatic rings. The molecule has 0 atom stereocenters. The molecule has 0 amide bonds. The zero-order valence-electron chi connectivity index (χ0n) is 5.60. The van der Waals surface area contributed by atoms with Crippen LogP contribution in [0.3, 0.4) is 0 Å². The van der Waals surface area contributed by atoms with Gasteiger partial charge in [-0.2, -0.15) is 0 Å². The molecular formula is C7H13NS. The number of hydrogen-bond donors (Lipinski definition) is 1. The van der Waals surface area contributed by atoms with Crippen molar-refractivity contribution in [2.45, 2.75) is 32.1 Å². The Morgan fingerprint density at radius 2 is 1.78 bits per heavy atom. The van der Waals surface area contributed by atoms with Crippen molar-refractivity contribution >= 4 is 17.2 Å². The zero-order chi connectivity index (χ0) is 6.69. The molecular weight excluding hydrogens is 130 g/mol. The van der Waals surface area contributed by atoms with E-state index in [0.29, 0.717) is 5.92 Å². The van der Waals surface area contributed by atoms with E-state index in [4.69, 9.17) is 18.0 Å². The standard InChI is InChI=1S/C7H13NS/c8-7(9)6-4-2-1-3-5-6/h6H,1-5H2,(H2,8,9). The molecule has 0 bridgehead atoms. The molecule has 52 valence electrons. The van der Waals surface area contributed by atoms with Crippen molar-refractivity contribution in [2.24, 2.45) is 11.7 Å². The lowest BCUT2D eigenvalue weighted by Gasteiger charge is -2.19. The highest BCUT2D eigenvalue weighted by atomic mass is 32.1. The first-order chi connectivity index (χ1) is 4.30. The molecule has 9 heavy (non-hydrogen) atoms. The summed E-state index contributed by atoms with van der Waals surface area (Å²) >= 11 is 4.89. The third-order valence-electron chi connectivity index (χ3n) is 2.01. The molecule has 1 aliphatic carbocycles. The van der Waals surface area contributed by atoms with Gasteiger partial charge in [-0.25, -0.2) is 0 Å². The van der Waals surface area contributed by atoms with Gasteiger partial charge in [0.15, 0.2) is 0 Å². The molecule has 0 spiro atoms. The van der Waals surface area contributed by atoms with Gasteiger partial charge in [0.1, 0.15) is 0 Å². The highest BCUT2D eigenvalue weighted by Gasteiger charge is 2.14. The Kier molecular flexibility index (Phi) is 2.46. The second-order valence-electron chi connectivity index (χ2n) is 2.74. The molecule has 0 heterocycles. The Bertz CT molecular complexity index is 105. The summed E-state index contributed by atoms with van der Waals surface area (Å²) in [7, 11) is 0. The van der Waals surface area contributed by atoms with Crippen molar-refractivity contribution in [1.82, 2.24) is 0 Å². The van der Waals surface area contributed by atoms with Crippen LogP contribution in [0.15, 0.2) is 0 Å². The van der Waals surface area contributed by atoms with Crippen molar-refractivity contribution in [3.05, 3.63) is 0 Å². The number of hydrogen-bond acceptors (Lipinski definition) is 1. The summed E-state index contributed by atoms with van der Waals surface area (Å²) in [5.74, 6) is 0.564. The van der Waals surface area contributed by atoms with E-state index in [-0.39, 0.29) is 0 Å². The number of thiocarbonyl (C=S) groups is 1. The van der Waals surface area contributed by atoms with Crippen LogP contribution >= 0.6 is 12.2 Å². The van der Waals surface area contributed by atoms with E-state index in [0.717, 1.165) is 4.99 Å². The molecule has 0 aromatic carbocycles. The van der Waals surface area contributed by atoms with E-state index < -0.39 is 0 Å². The van der Waals surface area contributed by atoms with Crippen molar-refractivity contribution in [3.8, 4) is 0 Å². The average molecular weight is 143 g/mol. The lowest BCUT2D eigenvalue weighted by molar-refractivity contribution is 0.441. The second kappa shape index (κ2) is 3.16. The second-order valence-corrected chi connectivity index (χ2v) is 3.21. The first kappa shape index (κ1) is 7.00. The molecule has 1 saturated carbocycles. The topological polar surface area (TPSA) is 26.0 Å². The Morgan fingerprint density at radius 3 is 2.11 bits per heavy atom. The van der Waals surface area contributed by atoms with Gasteiger partial charge >= 0.3 is 0 Å². The van der Waals surface area contributed by atoms with E-state index in [1.54, 1.807) is 0 Å². The first-order valence-corrected chi connectivity index (χ1v) is 4.01. The van der Waals surface area contributed by atoms with Crippen LogP contribution in [0.2, 0.25) is 0 Å². The highest BCUT2D eigenvalue weighted by molar-refractivity contribution is 7.80. The monoisotopic (exact) mass is 143 g/mol. The summed E-state index contributed by atoms with van der Waals surface area (Å²) in [5.41, 5.74) is 5.50.